The van der Waals surface area contributed by atoms with Crippen LogP contribution in [-0.2, 0) is 5.54 Å². The lowest BCUT2D eigenvalue weighted by Crippen LogP contribution is -2.34. The van der Waals surface area contributed by atoms with Gasteiger partial charge in [-0.1, -0.05) is 31.5 Å². The van der Waals surface area contributed by atoms with Gasteiger partial charge in [-0.2, -0.15) is 0 Å². The van der Waals surface area contributed by atoms with E-state index in [1.807, 2.05) is 6.07 Å². The Hall–Kier alpha value is -0.600. The van der Waals surface area contributed by atoms with E-state index < -0.39 is 0 Å². The Morgan fingerprint density at radius 3 is 2.65 bits per heavy atom. The SMILES string of the molecule is CC(C)c1cc(Cl)c(F)c(C2(C)CCCN2)c1. The Kier molecular flexibility index (Phi) is 3.46. The van der Waals surface area contributed by atoms with Gasteiger partial charge in [0.25, 0.3) is 0 Å². The molecule has 0 radical (unpaired) electrons. The van der Waals surface area contributed by atoms with Crippen molar-refractivity contribution in [2.75, 3.05) is 6.54 Å². The molecule has 1 aromatic carbocycles. The summed E-state index contributed by atoms with van der Waals surface area (Å²) < 4.78 is 14.2. The molecule has 94 valence electrons. The van der Waals surface area contributed by atoms with Gasteiger partial charge in [0.05, 0.1) is 5.02 Å². The van der Waals surface area contributed by atoms with E-state index in [9.17, 15) is 4.39 Å². The van der Waals surface area contributed by atoms with Crippen LogP contribution in [-0.4, -0.2) is 6.54 Å². The molecule has 1 heterocycles. The summed E-state index contributed by atoms with van der Waals surface area (Å²) >= 11 is 6.00. The highest BCUT2D eigenvalue weighted by molar-refractivity contribution is 6.30. The molecule has 0 saturated carbocycles. The van der Waals surface area contributed by atoms with Crippen molar-refractivity contribution in [3.8, 4) is 0 Å². The predicted molar refractivity (Wildman–Crippen MR) is 70.1 cm³/mol. The fourth-order valence-electron chi connectivity index (χ4n) is 2.47. The quantitative estimate of drug-likeness (QED) is 0.835. The molecule has 3 heteroatoms. The van der Waals surface area contributed by atoms with Crippen LogP contribution in [0.5, 0.6) is 0 Å². The van der Waals surface area contributed by atoms with E-state index in [4.69, 9.17) is 11.6 Å². The number of hydrogen-bond acceptors (Lipinski definition) is 1. The van der Waals surface area contributed by atoms with E-state index >= 15 is 0 Å². The fourth-order valence-corrected chi connectivity index (χ4v) is 2.70. The lowest BCUT2D eigenvalue weighted by Gasteiger charge is -2.27. The second-order valence-electron chi connectivity index (χ2n) is 5.38. The highest BCUT2D eigenvalue weighted by Crippen LogP contribution is 2.36. The second kappa shape index (κ2) is 4.58. The Labute approximate surface area is 107 Å². The van der Waals surface area contributed by atoms with Crippen LogP contribution in [0.2, 0.25) is 5.02 Å². The van der Waals surface area contributed by atoms with Crippen LogP contribution < -0.4 is 5.32 Å². The van der Waals surface area contributed by atoms with Crippen molar-refractivity contribution in [3.05, 3.63) is 34.1 Å². The molecule has 0 aliphatic carbocycles. The van der Waals surface area contributed by atoms with Gasteiger partial charge in [0, 0.05) is 11.1 Å². The van der Waals surface area contributed by atoms with Crippen LogP contribution in [0.25, 0.3) is 0 Å². The predicted octanol–water partition coefficient (Wildman–Crippen LogP) is 4.20. The largest absolute Gasteiger partial charge is 0.308 e. The Morgan fingerprint density at radius 1 is 1.41 bits per heavy atom. The molecule has 1 aliphatic heterocycles. The molecule has 1 aromatic rings. The van der Waals surface area contributed by atoms with Crippen molar-refractivity contribution in [1.29, 1.82) is 0 Å². The highest BCUT2D eigenvalue weighted by atomic mass is 35.5. The molecule has 0 amide bonds. The third-order valence-corrected chi connectivity index (χ3v) is 3.96. The minimum atomic E-state index is -0.270. The molecule has 2 rings (SSSR count). The fraction of sp³-hybridized carbons (Fsp3) is 0.571. The van der Waals surface area contributed by atoms with Crippen LogP contribution in [0.4, 0.5) is 4.39 Å². The smallest absolute Gasteiger partial charge is 0.146 e. The zero-order valence-corrected chi connectivity index (χ0v) is 11.4. The highest BCUT2D eigenvalue weighted by Gasteiger charge is 2.33. The number of hydrogen-bond donors (Lipinski definition) is 1. The molecule has 1 atom stereocenters. The van der Waals surface area contributed by atoms with Crippen LogP contribution in [0.1, 0.15) is 50.7 Å². The van der Waals surface area contributed by atoms with E-state index in [0.717, 1.165) is 24.9 Å². The third kappa shape index (κ3) is 2.34. The van der Waals surface area contributed by atoms with Crippen molar-refractivity contribution in [1.82, 2.24) is 5.32 Å². The van der Waals surface area contributed by atoms with E-state index in [2.05, 4.69) is 26.1 Å². The molecule has 1 unspecified atom stereocenters. The van der Waals surface area contributed by atoms with E-state index in [-0.39, 0.29) is 16.4 Å². The molecule has 17 heavy (non-hydrogen) atoms. The standard InChI is InChI=1S/C14H19ClFN/c1-9(2)10-7-11(13(16)12(15)8-10)14(3)5-4-6-17-14/h7-9,17H,4-6H2,1-3H3. The van der Waals surface area contributed by atoms with Gasteiger partial charge in [-0.25, -0.2) is 4.39 Å². The van der Waals surface area contributed by atoms with Crippen molar-refractivity contribution in [2.24, 2.45) is 0 Å². The maximum absolute atomic E-state index is 14.2. The maximum Gasteiger partial charge on any atom is 0.146 e. The summed E-state index contributed by atoms with van der Waals surface area (Å²) in [4.78, 5) is 0. The molecule has 1 saturated heterocycles. The van der Waals surface area contributed by atoms with Gasteiger partial charge in [-0.05, 0) is 43.9 Å². The molecule has 0 spiro atoms. The lowest BCUT2D eigenvalue weighted by molar-refractivity contribution is 0.410. The van der Waals surface area contributed by atoms with Gasteiger partial charge < -0.3 is 5.32 Å². The second-order valence-corrected chi connectivity index (χ2v) is 5.79. The summed E-state index contributed by atoms with van der Waals surface area (Å²) in [5.41, 5.74) is 1.55. The number of nitrogens with one attached hydrogen (secondary N) is 1. The average molecular weight is 256 g/mol. The summed E-state index contributed by atoms with van der Waals surface area (Å²) in [6.07, 6.45) is 2.04. The zero-order chi connectivity index (χ0) is 12.6. The van der Waals surface area contributed by atoms with Gasteiger partial charge in [0.2, 0.25) is 0 Å². The van der Waals surface area contributed by atoms with E-state index in [1.165, 1.54) is 0 Å². The Morgan fingerprint density at radius 2 is 2.12 bits per heavy atom. The van der Waals surface area contributed by atoms with Gasteiger partial charge in [0.1, 0.15) is 5.82 Å². The summed E-state index contributed by atoms with van der Waals surface area (Å²) in [6.45, 7) is 7.19. The number of halogens is 2. The normalized spacial score (nSPS) is 24.6. The zero-order valence-electron chi connectivity index (χ0n) is 10.6. The minimum absolute atomic E-state index is 0.237. The van der Waals surface area contributed by atoms with E-state index in [0.29, 0.717) is 11.5 Å². The minimum Gasteiger partial charge on any atom is -0.308 e. The molecule has 1 nitrogen and oxygen atoms in total. The maximum atomic E-state index is 14.2. The number of rotatable bonds is 2. The molecular formula is C14H19ClFN. The Balaban J connectivity index is 2.52. The van der Waals surface area contributed by atoms with Gasteiger partial charge in [-0.3, -0.25) is 0 Å². The summed E-state index contributed by atoms with van der Waals surface area (Å²) in [5.74, 6) is 0.0878. The van der Waals surface area contributed by atoms with Gasteiger partial charge >= 0.3 is 0 Å². The lowest BCUT2D eigenvalue weighted by atomic mass is 9.87. The molecule has 1 aliphatic rings. The summed E-state index contributed by atoms with van der Waals surface area (Å²) in [5, 5.41) is 3.62. The summed E-state index contributed by atoms with van der Waals surface area (Å²) in [6, 6.07) is 3.70. The topological polar surface area (TPSA) is 12.0 Å². The summed E-state index contributed by atoms with van der Waals surface area (Å²) in [7, 11) is 0. The molecule has 1 fully saturated rings. The van der Waals surface area contributed by atoms with Gasteiger partial charge in [-0.15, -0.1) is 0 Å². The molecule has 0 aromatic heterocycles. The van der Waals surface area contributed by atoms with Crippen molar-refractivity contribution >= 4 is 11.6 Å². The first-order valence-electron chi connectivity index (χ1n) is 6.18. The molecular weight excluding hydrogens is 237 g/mol. The first-order chi connectivity index (χ1) is 7.94. The molecule has 0 bridgehead atoms. The van der Waals surface area contributed by atoms with Crippen molar-refractivity contribution in [3.63, 3.8) is 0 Å². The van der Waals surface area contributed by atoms with Gasteiger partial charge in [0.15, 0.2) is 0 Å². The van der Waals surface area contributed by atoms with Crippen LogP contribution in [0.15, 0.2) is 12.1 Å². The first kappa shape index (κ1) is 12.8. The third-order valence-electron chi connectivity index (χ3n) is 3.68. The first-order valence-corrected chi connectivity index (χ1v) is 6.56. The van der Waals surface area contributed by atoms with Crippen LogP contribution in [0, 0.1) is 5.82 Å². The monoisotopic (exact) mass is 255 g/mol. The Bertz CT molecular complexity index is 422. The van der Waals surface area contributed by atoms with Crippen molar-refractivity contribution in [2.45, 2.75) is 45.1 Å². The van der Waals surface area contributed by atoms with E-state index in [1.54, 1.807) is 6.07 Å². The average Bonchev–Trinajstić information content (AvgIpc) is 2.69. The van der Waals surface area contributed by atoms with Crippen LogP contribution in [0.3, 0.4) is 0 Å². The van der Waals surface area contributed by atoms with Crippen molar-refractivity contribution < 1.29 is 4.39 Å². The molecule has 1 N–H and O–H groups in total. The van der Waals surface area contributed by atoms with Crippen LogP contribution >= 0.6 is 11.6 Å². The number of benzene rings is 1.